The second-order valence-electron chi connectivity index (χ2n) is 5.31. The van der Waals surface area contributed by atoms with Crippen LogP contribution < -0.4 is 0 Å². The minimum absolute atomic E-state index is 0.309. The third-order valence-electron chi connectivity index (χ3n) is 3.70. The number of para-hydroxylation sites is 1. The number of fused-ring (bicyclic) bond motifs is 1. The van der Waals surface area contributed by atoms with Crippen LogP contribution >= 0.6 is 0 Å². The fourth-order valence-electron chi connectivity index (χ4n) is 2.64. The summed E-state index contributed by atoms with van der Waals surface area (Å²) in [5.74, 6) is -0.309. The molecule has 0 saturated carbocycles. The molecule has 3 aromatic rings. The molecule has 0 saturated heterocycles. The van der Waals surface area contributed by atoms with Crippen LogP contribution in [0.3, 0.4) is 0 Å². The molecule has 3 heteroatoms. The van der Waals surface area contributed by atoms with Gasteiger partial charge in [-0.15, -0.1) is 0 Å². The molecule has 0 spiro atoms. The largest absolute Gasteiger partial charge is 0.465 e. The summed E-state index contributed by atoms with van der Waals surface area (Å²) in [5, 5.41) is 1.17. The van der Waals surface area contributed by atoms with Gasteiger partial charge in [0.25, 0.3) is 0 Å². The van der Waals surface area contributed by atoms with Gasteiger partial charge in [-0.25, -0.2) is 4.79 Å². The van der Waals surface area contributed by atoms with Crippen LogP contribution in [0.5, 0.6) is 0 Å². The van der Waals surface area contributed by atoms with Crippen LogP contribution in [-0.2, 0) is 11.2 Å². The molecule has 1 aromatic heterocycles. The molecule has 3 rings (SSSR count). The summed E-state index contributed by atoms with van der Waals surface area (Å²) in [6, 6.07) is 17.8. The zero-order valence-electron chi connectivity index (χ0n) is 12.7. The van der Waals surface area contributed by atoms with Crippen molar-refractivity contribution in [2.45, 2.75) is 13.3 Å². The fraction of sp³-hybridized carbons (Fsp3) is 0.158. The number of carbonyl (C=O) groups excluding carboxylic acids is 1. The van der Waals surface area contributed by atoms with Crippen LogP contribution in [0.1, 0.15) is 27.2 Å². The molecule has 0 bridgehead atoms. The van der Waals surface area contributed by atoms with E-state index in [1.54, 1.807) is 12.1 Å². The van der Waals surface area contributed by atoms with Crippen LogP contribution in [0.2, 0.25) is 0 Å². The highest BCUT2D eigenvalue weighted by atomic mass is 16.5. The normalized spacial score (nSPS) is 10.6. The summed E-state index contributed by atoms with van der Waals surface area (Å²) >= 11 is 0. The number of benzene rings is 2. The minimum atomic E-state index is -0.309. The Hall–Kier alpha value is -2.68. The Morgan fingerprint density at radius 2 is 1.82 bits per heavy atom. The first-order valence-corrected chi connectivity index (χ1v) is 7.20. The Balaban J connectivity index is 1.94. The number of aryl methyl sites for hydroxylation is 1. The van der Waals surface area contributed by atoms with E-state index in [4.69, 9.17) is 4.74 Å². The van der Waals surface area contributed by atoms with Gasteiger partial charge in [0, 0.05) is 11.1 Å². The zero-order valence-corrected chi connectivity index (χ0v) is 12.7. The molecule has 0 radical (unpaired) electrons. The predicted molar refractivity (Wildman–Crippen MR) is 87.1 cm³/mol. The predicted octanol–water partition coefficient (Wildman–Crippen LogP) is 3.92. The van der Waals surface area contributed by atoms with E-state index >= 15 is 0 Å². The van der Waals surface area contributed by atoms with Gasteiger partial charge in [0.1, 0.15) is 0 Å². The van der Waals surface area contributed by atoms with E-state index in [9.17, 15) is 4.79 Å². The number of esters is 1. The Morgan fingerprint density at radius 1 is 1.09 bits per heavy atom. The van der Waals surface area contributed by atoms with Crippen molar-refractivity contribution < 1.29 is 9.53 Å². The van der Waals surface area contributed by atoms with Gasteiger partial charge >= 0.3 is 5.97 Å². The molecule has 0 aliphatic rings. The Bertz CT molecular complexity index is 822. The maximum atomic E-state index is 11.5. The number of hydrogen-bond donors (Lipinski definition) is 0. The number of aromatic nitrogens is 1. The molecule has 110 valence electrons. The average molecular weight is 291 g/mol. The van der Waals surface area contributed by atoms with Crippen molar-refractivity contribution in [1.82, 2.24) is 4.98 Å². The maximum absolute atomic E-state index is 11.5. The molecule has 0 fully saturated rings. The van der Waals surface area contributed by atoms with E-state index in [1.165, 1.54) is 18.1 Å². The Morgan fingerprint density at radius 3 is 2.55 bits per heavy atom. The lowest BCUT2D eigenvalue weighted by atomic mass is 9.99. The van der Waals surface area contributed by atoms with E-state index in [1.807, 2.05) is 37.3 Å². The zero-order chi connectivity index (χ0) is 15.5. The van der Waals surface area contributed by atoms with Gasteiger partial charge in [-0.2, -0.15) is 0 Å². The summed E-state index contributed by atoms with van der Waals surface area (Å²) in [6.45, 7) is 2.01. The first-order valence-electron chi connectivity index (χ1n) is 7.20. The Labute approximate surface area is 129 Å². The van der Waals surface area contributed by atoms with Gasteiger partial charge in [0.2, 0.25) is 0 Å². The summed E-state index contributed by atoms with van der Waals surface area (Å²) < 4.78 is 4.72. The highest BCUT2D eigenvalue weighted by Gasteiger charge is 2.07. The minimum Gasteiger partial charge on any atom is -0.465 e. The van der Waals surface area contributed by atoms with Gasteiger partial charge in [0.15, 0.2) is 0 Å². The van der Waals surface area contributed by atoms with Crippen LogP contribution in [0, 0.1) is 6.92 Å². The number of carbonyl (C=O) groups is 1. The first-order chi connectivity index (χ1) is 10.7. The van der Waals surface area contributed by atoms with Crippen LogP contribution in [0.4, 0.5) is 0 Å². The van der Waals surface area contributed by atoms with Gasteiger partial charge in [-0.1, -0.05) is 30.3 Å². The Kier molecular flexibility index (Phi) is 3.88. The van der Waals surface area contributed by atoms with E-state index < -0.39 is 0 Å². The molecule has 1 heterocycles. The van der Waals surface area contributed by atoms with Crippen molar-refractivity contribution in [3.8, 4) is 0 Å². The monoisotopic (exact) mass is 291 g/mol. The molecule has 0 aliphatic heterocycles. The van der Waals surface area contributed by atoms with Gasteiger partial charge in [-0.05, 0) is 48.7 Å². The number of ether oxygens (including phenoxy) is 1. The molecule has 0 aliphatic carbocycles. The summed E-state index contributed by atoms with van der Waals surface area (Å²) in [5.41, 5.74) is 5.00. The lowest BCUT2D eigenvalue weighted by Crippen LogP contribution is -2.01. The molecule has 3 nitrogen and oxygen atoms in total. The topological polar surface area (TPSA) is 39.2 Å². The van der Waals surface area contributed by atoms with Crippen LogP contribution in [-0.4, -0.2) is 18.1 Å². The van der Waals surface area contributed by atoms with Gasteiger partial charge in [0.05, 0.1) is 18.2 Å². The third-order valence-corrected chi connectivity index (χ3v) is 3.70. The molecular formula is C19H17NO2. The van der Waals surface area contributed by atoms with Crippen molar-refractivity contribution in [1.29, 1.82) is 0 Å². The summed E-state index contributed by atoms with van der Waals surface area (Å²) in [7, 11) is 1.39. The highest BCUT2D eigenvalue weighted by Crippen LogP contribution is 2.21. The van der Waals surface area contributed by atoms with Crippen molar-refractivity contribution in [2.75, 3.05) is 7.11 Å². The molecular weight excluding hydrogens is 274 g/mol. The number of methoxy groups -OCH3 is 1. The smallest absolute Gasteiger partial charge is 0.337 e. The van der Waals surface area contributed by atoms with E-state index in [2.05, 4.69) is 17.1 Å². The number of nitrogens with zero attached hydrogens (tertiary/aromatic N) is 1. The van der Waals surface area contributed by atoms with Crippen molar-refractivity contribution in [3.63, 3.8) is 0 Å². The average Bonchev–Trinajstić information content (AvgIpc) is 2.54. The van der Waals surface area contributed by atoms with Crippen molar-refractivity contribution >= 4 is 16.9 Å². The van der Waals surface area contributed by atoms with Crippen LogP contribution in [0.15, 0.2) is 54.6 Å². The third kappa shape index (κ3) is 2.84. The lowest BCUT2D eigenvalue weighted by Gasteiger charge is -2.08. The molecule has 0 unspecified atom stereocenters. The summed E-state index contributed by atoms with van der Waals surface area (Å²) in [4.78, 5) is 16.0. The first kappa shape index (κ1) is 14.3. The SMILES string of the molecule is COC(=O)c1ccc(Cc2cc(C)nc3ccccc23)cc1. The maximum Gasteiger partial charge on any atom is 0.337 e. The highest BCUT2D eigenvalue weighted by molar-refractivity contribution is 5.89. The molecule has 2 aromatic carbocycles. The van der Waals surface area contributed by atoms with Crippen LogP contribution in [0.25, 0.3) is 10.9 Å². The second kappa shape index (κ2) is 5.98. The molecule has 0 amide bonds. The van der Waals surface area contributed by atoms with Gasteiger partial charge in [-0.3, -0.25) is 4.98 Å². The second-order valence-corrected chi connectivity index (χ2v) is 5.31. The van der Waals surface area contributed by atoms with Crippen molar-refractivity contribution in [2.24, 2.45) is 0 Å². The van der Waals surface area contributed by atoms with E-state index in [0.717, 1.165) is 23.2 Å². The van der Waals surface area contributed by atoms with Crippen molar-refractivity contribution in [3.05, 3.63) is 77.0 Å². The molecule has 0 atom stereocenters. The van der Waals surface area contributed by atoms with Gasteiger partial charge < -0.3 is 4.74 Å². The van der Waals surface area contributed by atoms with E-state index in [0.29, 0.717) is 5.56 Å². The molecule has 0 N–H and O–H groups in total. The number of rotatable bonds is 3. The van der Waals surface area contributed by atoms with E-state index in [-0.39, 0.29) is 5.97 Å². The number of hydrogen-bond acceptors (Lipinski definition) is 3. The quantitative estimate of drug-likeness (QED) is 0.687. The summed E-state index contributed by atoms with van der Waals surface area (Å²) in [6.07, 6.45) is 0.811. The molecule has 22 heavy (non-hydrogen) atoms. The lowest BCUT2D eigenvalue weighted by molar-refractivity contribution is 0.0600. The number of pyridine rings is 1. The standard InChI is InChI=1S/C19H17NO2/c1-13-11-16(17-5-3-4-6-18(17)20-13)12-14-7-9-15(10-8-14)19(21)22-2/h3-11H,12H2,1-2H3. The fourth-order valence-corrected chi connectivity index (χ4v) is 2.64.